The zero-order valence-electron chi connectivity index (χ0n) is 20.4. The Hall–Kier alpha value is -4.43. The Labute approximate surface area is 209 Å². The van der Waals surface area contributed by atoms with Gasteiger partial charge in [-0.2, -0.15) is 9.78 Å². The number of hydrogen-bond donors (Lipinski definition) is 2. The fourth-order valence-electron chi connectivity index (χ4n) is 3.59. The molecule has 3 aromatic carbocycles. The molecule has 0 radical (unpaired) electrons. The van der Waals surface area contributed by atoms with E-state index in [1.54, 1.807) is 43.5 Å². The number of anilines is 2. The van der Waals surface area contributed by atoms with Gasteiger partial charge < -0.3 is 20.1 Å². The van der Waals surface area contributed by atoms with E-state index in [2.05, 4.69) is 15.7 Å². The van der Waals surface area contributed by atoms with E-state index < -0.39 is 0 Å². The van der Waals surface area contributed by atoms with E-state index in [9.17, 15) is 9.59 Å². The Morgan fingerprint density at radius 3 is 2.53 bits per heavy atom. The molecule has 0 bridgehead atoms. The zero-order valence-corrected chi connectivity index (χ0v) is 20.4. The molecule has 0 spiro atoms. The summed E-state index contributed by atoms with van der Waals surface area (Å²) in [7, 11) is 1.57. The molecule has 2 N–H and O–H groups in total. The summed E-state index contributed by atoms with van der Waals surface area (Å²) in [6, 6.07) is 21.8. The molecule has 1 aromatic heterocycles. The highest BCUT2D eigenvalue weighted by Crippen LogP contribution is 2.31. The lowest BCUT2D eigenvalue weighted by Gasteiger charge is -2.16. The number of aryl methyl sites for hydroxylation is 1. The van der Waals surface area contributed by atoms with Gasteiger partial charge in [0.15, 0.2) is 11.4 Å². The summed E-state index contributed by atoms with van der Waals surface area (Å²) in [5, 5.41) is 10.3. The standard InChI is InChI=1S/C28H28N4O4/c1-19-9-7-14-24(20(19)2)36-25-18-30-32(23-12-5-4-6-13-23)28(34)26(25)31-22-11-8-10-21(17-22)27(33)29-15-16-35-3/h4-14,17-18,31H,15-16H2,1-3H3,(H,29,33). The summed E-state index contributed by atoms with van der Waals surface area (Å²) in [6.45, 7) is 4.77. The molecule has 0 aliphatic rings. The maximum absolute atomic E-state index is 13.6. The minimum absolute atomic E-state index is 0.201. The number of ether oxygens (including phenoxy) is 2. The lowest BCUT2D eigenvalue weighted by Crippen LogP contribution is -2.27. The molecule has 1 amide bonds. The van der Waals surface area contributed by atoms with Crippen LogP contribution in [-0.4, -0.2) is 35.9 Å². The van der Waals surface area contributed by atoms with Gasteiger partial charge in [0, 0.05) is 24.9 Å². The van der Waals surface area contributed by atoms with Crippen molar-refractivity contribution in [3.63, 3.8) is 0 Å². The van der Waals surface area contributed by atoms with Crippen molar-refractivity contribution in [3.8, 4) is 17.2 Å². The van der Waals surface area contributed by atoms with Gasteiger partial charge in [0.2, 0.25) is 0 Å². The number of hydrogen-bond acceptors (Lipinski definition) is 6. The number of nitrogens with zero attached hydrogens (tertiary/aromatic N) is 2. The van der Waals surface area contributed by atoms with Crippen molar-refractivity contribution in [3.05, 3.63) is 106 Å². The SMILES string of the molecule is COCCNC(=O)c1cccc(Nc2c(Oc3cccc(C)c3C)cnn(-c3ccccc3)c2=O)c1. The van der Waals surface area contributed by atoms with Gasteiger partial charge in [0.25, 0.3) is 11.5 Å². The van der Waals surface area contributed by atoms with Crippen LogP contribution in [0.25, 0.3) is 5.69 Å². The average Bonchev–Trinajstić information content (AvgIpc) is 2.89. The van der Waals surface area contributed by atoms with E-state index in [1.165, 1.54) is 10.9 Å². The summed E-state index contributed by atoms with van der Waals surface area (Å²) in [5.74, 6) is 0.665. The van der Waals surface area contributed by atoms with Crippen LogP contribution in [0.5, 0.6) is 11.5 Å². The molecular formula is C28H28N4O4. The van der Waals surface area contributed by atoms with E-state index in [-0.39, 0.29) is 22.9 Å². The van der Waals surface area contributed by atoms with Crippen LogP contribution in [0.4, 0.5) is 11.4 Å². The van der Waals surface area contributed by atoms with Crippen LogP contribution < -0.4 is 20.9 Å². The zero-order chi connectivity index (χ0) is 25.5. The first-order valence-electron chi connectivity index (χ1n) is 11.5. The number of carbonyl (C=O) groups is 1. The fourth-order valence-corrected chi connectivity index (χ4v) is 3.59. The Morgan fingerprint density at radius 1 is 0.972 bits per heavy atom. The normalized spacial score (nSPS) is 10.6. The number of rotatable bonds is 9. The van der Waals surface area contributed by atoms with Crippen molar-refractivity contribution in [2.24, 2.45) is 0 Å². The average molecular weight is 485 g/mol. The van der Waals surface area contributed by atoms with Crippen LogP contribution in [0.2, 0.25) is 0 Å². The predicted octanol–water partition coefficient (Wildman–Crippen LogP) is 4.76. The Morgan fingerprint density at radius 2 is 1.75 bits per heavy atom. The van der Waals surface area contributed by atoms with Crippen molar-refractivity contribution in [2.75, 3.05) is 25.6 Å². The first kappa shape index (κ1) is 24.7. The third-order valence-corrected chi connectivity index (χ3v) is 5.70. The van der Waals surface area contributed by atoms with E-state index in [4.69, 9.17) is 9.47 Å². The first-order valence-corrected chi connectivity index (χ1v) is 11.5. The summed E-state index contributed by atoms with van der Waals surface area (Å²) < 4.78 is 12.5. The van der Waals surface area contributed by atoms with E-state index in [1.807, 2.05) is 50.2 Å². The highest BCUT2D eigenvalue weighted by Gasteiger charge is 2.17. The Kier molecular flexibility index (Phi) is 7.77. The van der Waals surface area contributed by atoms with Crippen molar-refractivity contribution in [1.29, 1.82) is 0 Å². The molecule has 0 fully saturated rings. The van der Waals surface area contributed by atoms with Crippen molar-refractivity contribution >= 4 is 17.3 Å². The number of methoxy groups -OCH3 is 1. The summed E-state index contributed by atoms with van der Waals surface area (Å²) in [6.07, 6.45) is 1.51. The molecule has 184 valence electrons. The summed E-state index contributed by atoms with van der Waals surface area (Å²) in [4.78, 5) is 26.1. The highest BCUT2D eigenvalue weighted by atomic mass is 16.5. The lowest BCUT2D eigenvalue weighted by atomic mass is 10.1. The number of para-hydroxylation sites is 1. The largest absolute Gasteiger partial charge is 0.453 e. The minimum Gasteiger partial charge on any atom is -0.453 e. The number of benzene rings is 3. The van der Waals surface area contributed by atoms with Gasteiger partial charge in [-0.25, -0.2) is 0 Å². The maximum Gasteiger partial charge on any atom is 0.299 e. The smallest absolute Gasteiger partial charge is 0.299 e. The second-order valence-electron chi connectivity index (χ2n) is 8.19. The Bertz CT molecular complexity index is 1420. The van der Waals surface area contributed by atoms with Gasteiger partial charge in [-0.05, 0) is 61.4 Å². The van der Waals surface area contributed by atoms with Crippen molar-refractivity contribution < 1.29 is 14.3 Å². The van der Waals surface area contributed by atoms with Gasteiger partial charge in [-0.1, -0.05) is 36.4 Å². The fraction of sp³-hybridized carbons (Fsp3) is 0.179. The van der Waals surface area contributed by atoms with Crippen molar-refractivity contribution in [2.45, 2.75) is 13.8 Å². The van der Waals surface area contributed by atoms with Crippen LogP contribution in [0.1, 0.15) is 21.5 Å². The van der Waals surface area contributed by atoms with E-state index in [0.29, 0.717) is 35.8 Å². The quantitative estimate of drug-likeness (QED) is 0.333. The number of nitrogens with one attached hydrogen (secondary N) is 2. The molecule has 0 aliphatic heterocycles. The van der Waals surface area contributed by atoms with Crippen LogP contribution in [0, 0.1) is 13.8 Å². The maximum atomic E-state index is 13.6. The molecule has 4 rings (SSSR count). The summed E-state index contributed by atoms with van der Waals surface area (Å²) >= 11 is 0. The first-order chi connectivity index (χ1) is 17.5. The van der Waals surface area contributed by atoms with Gasteiger partial charge in [0.05, 0.1) is 18.5 Å². The van der Waals surface area contributed by atoms with Crippen LogP contribution >= 0.6 is 0 Å². The van der Waals surface area contributed by atoms with Gasteiger partial charge >= 0.3 is 0 Å². The molecule has 8 heteroatoms. The van der Waals surface area contributed by atoms with Crippen LogP contribution in [0.15, 0.2) is 83.8 Å². The molecule has 36 heavy (non-hydrogen) atoms. The lowest BCUT2D eigenvalue weighted by molar-refractivity contribution is 0.0937. The topological polar surface area (TPSA) is 94.5 Å². The third kappa shape index (κ3) is 5.61. The number of amides is 1. The predicted molar refractivity (Wildman–Crippen MR) is 140 cm³/mol. The molecule has 0 saturated carbocycles. The second-order valence-corrected chi connectivity index (χ2v) is 8.19. The van der Waals surface area contributed by atoms with E-state index in [0.717, 1.165) is 11.1 Å². The Balaban J connectivity index is 1.73. The minimum atomic E-state index is -0.390. The van der Waals surface area contributed by atoms with E-state index >= 15 is 0 Å². The number of carbonyl (C=O) groups excluding carboxylic acids is 1. The second kappa shape index (κ2) is 11.3. The van der Waals surface area contributed by atoms with Gasteiger partial charge in [-0.15, -0.1) is 0 Å². The molecule has 1 heterocycles. The molecule has 0 unspecified atom stereocenters. The monoisotopic (exact) mass is 484 g/mol. The van der Waals surface area contributed by atoms with Crippen LogP contribution in [0.3, 0.4) is 0 Å². The van der Waals surface area contributed by atoms with Gasteiger partial charge in [0.1, 0.15) is 5.75 Å². The molecule has 0 aliphatic carbocycles. The van der Waals surface area contributed by atoms with Crippen LogP contribution in [-0.2, 0) is 4.74 Å². The molecule has 8 nitrogen and oxygen atoms in total. The molecule has 4 aromatic rings. The molecular weight excluding hydrogens is 456 g/mol. The summed E-state index contributed by atoms with van der Waals surface area (Å²) in [5.41, 5.74) is 3.47. The number of aromatic nitrogens is 2. The molecule has 0 saturated heterocycles. The highest BCUT2D eigenvalue weighted by molar-refractivity contribution is 5.95. The van der Waals surface area contributed by atoms with Gasteiger partial charge in [-0.3, -0.25) is 9.59 Å². The molecule has 0 atom stereocenters. The van der Waals surface area contributed by atoms with Crippen molar-refractivity contribution in [1.82, 2.24) is 15.1 Å². The third-order valence-electron chi connectivity index (χ3n) is 5.70.